The SMILES string of the molecule is Cc1ncn(-c2cc(N3CCN(S(=O)(=O)c4ccc(Br)s4)CC3)ncn2)c1C. The molecule has 4 rings (SSSR count). The standard InChI is InChI=1S/C17H19BrN6O2S2/c1-12-13(2)24(11-21-12)16-9-15(19-10-20-16)22-5-7-23(8-6-22)28(25,26)17-4-3-14(18)27-17/h3-4,9-11H,5-8H2,1-2H3. The van der Waals surface area contributed by atoms with Crippen LogP contribution in [0, 0.1) is 13.8 Å². The van der Waals surface area contributed by atoms with Crippen LogP contribution in [0.15, 0.2) is 38.8 Å². The van der Waals surface area contributed by atoms with Gasteiger partial charge >= 0.3 is 0 Å². The number of aromatic nitrogens is 4. The fourth-order valence-corrected chi connectivity index (χ4v) is 6.68. The second-order valence-electron chi connectivity index (χ2n) is 6.47. The van der Waals surface area contributed by atoms with E-state index in [0.717, 1.165) is 26.8 Å². The number of imidazole rings is 1. The average molecular weight is 483 g/mol. The summed E-state index contributed by atoms with van der Waals surface area (Å²) in [6, 6.07) is 5.31. The van der Waals surface area contributed by atoms with E-state index in [4.69, 9.17) is 0 Å². The van der Waals surface area contributed by atoms with Crippen molar-refractivity contribution in [2.45, 2.75) is 18.1 Å². The summed E-state index contributed by atoms with van der Waals surface area (Å²) in [5.74, 6) is 1.54. The molecule has 0 N–H and O–H groups in total. The van der Waals surface area contributed by atoms with Crippen molar-refractivity contribution in [2.24, 2.45) is 0 Å². The maximum atomic E-state index is 12.8. The van der Waals surface area contributed by atoms with E-state index in [-0.39, 0.29) is 0 Å². The Hall–Kier alpha value is -1.82. The molecular formula is C17H19BrN6O2S2. The maximum Gasteiger partial charge on any atom is 0.252 e. The molecule has 0 aliphatic carbocycles. The number of piperazine rings is 1. The van der Waals surface area contributed by atoms with Gasteiger partial charge in [-0.1, -0.05) is 0 Å². The lowest BCUT2D eigenvalue weighted by Crippen LogP contribution is -2.48. The van der Waals surface area contributed by atoms with E-state index in [2.05, 4.69) is 35.8 Å². The molecule has 148 valence electrons. The van der Waals surface area contributed by atoms with Gasteiger partial charge in [0.1, 0.15) is 28.5 Å². The first-order chi connectivity index (χ1) is 13.4. The van der Waals surface area contributed by atoms with E-state index in [1.165, 1.54) is 22.0 Å². The molecule has 1 saturated heterocycles. The zero-order valence-corrected chi connectivity index (χ0v) is 18.6. The van der Waals surface area contributed by atoms with Gasteiger partial charge in [-0.15, -0.1) is 11.3 Å². The normalized spacial score (nSPS) is 15.9. The van der Waals surface area contributed by atoms with Crippen molar-refractivity contribution in [1.82, 2.24) is 23.8 Å². The first-order valence-corrected chi connectivity index (χ1v) is 11.7. The van der Waals surface area contributed by atoms with Gasteiger partial charge in [0.2, 0.25) is 0 Å². The number of halogens is 1. The molecule has 0 bridgehead atoms. The average Bonchev–Trinajstić information content (AvgIpc) is 3.28. The summed E-state index contributed by atoms with van der Waals surface area (Å²) in [6.07, 6.45) is 3.28. The molecule has 1 aliphatic heterocycles. The number of nitrogens with zero attached hydrogens (tertiary/aromatic N) is 6. The molecule has 1 aliphatic rings. The molecule has 0 spiro atoms. The van der Waals surface area contributed by atoms with Crippen LogP contribution in [0.4, 0.5) is 5.82 Å². The van der Waals surface area contributed by atoms with Gasteiger partial charge in [0.25, 0.3) is 10.0 Å². The minimum Gasteiger partial charge on any atom is -0.354 e. The van der Waals surface area contributed by atoms with Gasteiger partial charge in [0.15, 0.2) is 0 Å². The van der Waals surface area contributed by atoms with E-state index in [1.54, 1.807) is 18.5 Å². The third-order valence-electron chi connectivity index (χ3n) is 4.84. The maximum absolute atomic E-state index is 12.8. The van der Waals surface area contributed by atoms with Crippen molar-refractivity contribution in [1.29, 1.82) is 0 Å². The minimum absolute atomic E-state index is 0.364. The van der Waals surface area contributed by atoms with E-state index in [0.29, 0.717) is 30.4 Å². The lowest BCUT2D eigenvalue weighted by molar-refractivity contribution is 0.384. The number of hydrogen-bond donors (Lipinski definition) is 0. The zero-order valence-electron chi connectivity index (χ0n) is 15.4. The fraction of sp³-hybridized carbons (Fsp3) is 0.353. The molecule has 0 aromatic carbocycles. The Morgan fingerprint density at radius 1 is 1.04 bits per heavy atom. The number of sulfonamides is 1. The van der Waals surface area contributed by atoms with Gasteiger partial charge in [-0.25, -0.2) is 23.4 Å². The molecule has 1 fully saturated rings. The molecule has 28 heavy (non-hydrogen) atoms. The molecule has 0 atom stereocenters. The van der Waals surface area contributed by atoms with Gasteiger partial charge in [-0.2, -0.15) is 4.31 Å². The molecule has 0 radical (unpaired) electrons. The first kappa shape index (κ1) is 19.5. The van der Waals surface area contributed by atoms with E-state index >= 15 is 0 Å². The van der Waals surface area contributed by atoms with Crippen LogP contribution in [-0.2, 0) is 10.0 Å². The number of hydrogen-bond acceptors (Lipinski definition) is 7. The highest BCUT2D eigenvalue weighted by molar-refractivity contribution is 9.11. The summed E-state index contributed by atoms with van der Waals surface area (Å²) >= 11 is 4.56. The summed E-state index contributed by atoms with van der Waals surface area (Å²) in [7, 11) is -3.45. The zero-order chi connectivity index (χ0) is 19.9. The van der Waals surface area contributed by atoms with Crippen LogP contribution in [0.3, 0.4) is 0 Å². The van der Waals surface area contributed by atoms with Crippen LogP contribution in [0.25, 0.3) is 5.82 Å². The largest absolute Gasteiger partial charge is 0.354 e. The Bertz CT molecular complexity index is 1100. The first-order valence-electron chi connectivity index (χ1n) is 8.69. The highest BCUT2D eigenvalue weighted by atomic mass is 79.9. The van der Waals surface area contributed by atoms with Crippen molar-refractivity contribution < 1.29 is 8.42 Å². The molecule has 3 aromatic rings. The molecule has 4 heterocycles. The van der Waals surface area contributed by atoms with Crippen molar-refractivity contribution in [2.75, 3.05) is 31.1 Å². The quantitative estimate of drug-likeness (QED) is 0.568. The number of thiophene rings is 1. The van der Waals surface area contributed by atoms with Gasteiger partial charge < -0.3 is 4.90 Å². The van der Waals surface area contributed by atoms with Gasteiger partial charge in [-0.05, 0) is 41.9 Å². The summed E-state index contributed by atoms with van der Waals surface area (Å²) in [4.78, 5) is 15.1. The van der Waals surface area contributed by atoms with Crippen LogP contribution in [-0.4, -0.2) is 58.4 Å². The topological polar surface area (TPSA) is 84.2 Å². The Morgan fingerprint density at radius 2 is 1.75 bits per heavy atom. The second-order valence-corrected chi connectivity index (χ2v) is 11.1. The van der Waals surface area contributed by atoms with E-state index in [1.807, 2.05) is 24.5 Å². The third kappa shape index (κ3) is 3.59. The van der Waals surface area contributed by atoms with Gasteiger partial charge in [0.05, 0.1) is 9.48 Å². The lowest BCUT2D eigenvalue weighted by Gasteiger charge is -2.34. The van der Waals surface area contributed by atoms with Crippen molar-refractivity contribution in [3.63, 3.8) is 0 Å². The van der Waals surface area contributed by atoms with Crippen LogP contribution < -0.4 is 4.90 Å². The molecule has 0 saturated carbocycles. The molecule has 0 unspecified atom stereocenters. The van der Waals surface area contributed by atoms with E-state index in [9.17, 15) is 8.42 Å². The highest BCUT2D eigenvalue weighted by Gasteiger charge is 2.30. The highest BCUT2D eigenvalue weighted by Crippen LogP contribution is 2.29. The van der Waals surface area contributed by atoms with E-state index < -0.39 is 10.0 Å². The van der Waals surface area contributed by atoms with Gasteiger partial charge in [0, 0.05) is 37.9 Å². The van der Waals surface area contributed by atoms with Crippen molar-refractivity contribution in [3.05, 3.63) is 46.0 Å². The number of rotatable bonds is 4. The summed E-state index contributed by atoms with van der Waals surface area (Å²) in [6.45, 7) is 5.94. The Balaban J connectivity index is 1.50. The number of anilines is 1. The summed E-state index contributed by atoms with van der Waals surface area (Å²) < 4.78 is 30.2. The molecule has 8 nitrogen and oxygen atoms in total. The smallest absolute Gasteiger partial charge is 0.252 e. The Labute approximate surface area is 176 Å². The monoisotopic (exact) mass is 482 g/mol. The fourth-order valence-electron chi connectivity index (χ4n) is 3.09. The van der Waals surface area contributed by atoms with Crippen LogP contribution in [0.2, 0.25) is 0 Å². The van der Waals surface area contributed by atoms with Crippen molar-refractivity contribution in [3.8, 4) is 5.82 Å². The number of aryl methyl sites for hydroxylation is 1. The predicted molar refractivity (Wildman–Crippen MR) is 112 cm³/mol. The lowest BCUT2D eigenvalue weighted by atomic mass is 10.3. The van der Waals surface area contributed by atoms with Crippen LogP contribution >= 0.6 is 27.3 Å². The van der Waals surface area contributed by atoms with Crippen LogP contribution in [0.5, 0.6) is 0 Å². The molecule has 11 heteroatoms. The van der Waals surface area contributed by atoms with Crippen LogP contribution in [0.1, 0.15) is 11.4 Å². The summed E-state index contributed by atoms with van der Waals surface area (Å²) in [5.41, 5.74) is 1.99. The van der Waals surface area contributed by atoms with Gasteiger partial charge in [-0.3, -0.25) is 4.57 Å². The summed E-state index contributed by atoms with van der Waals surface area (Å²) in [5, 5.41) is 0. The van der Waals surface area contributed by atoms with Crippen molar-refractivity contribution >= 4 is 43.1 Å². The Morgan fingerprint density at radius 3 is 2.36 bits per heavy atom. The molecule has 0 amide bonds. The molecular weight excluding hydrogens is 464 g/mol. The minimum atomic E-state index is -3.45. The Kier molecular flexibility index (Phi) is 5.25. The predicted octanol–water partition coefficient (Wildman–Crippen LogP) is 2.61. The third-order valence-corrected chi connectivity index (χ3v) is 8.83. The molecule has 3 aromatic heterocycles. The second kappa shape index (κ2) is 7.54.